The van der Waals surface area contributed by atoms with E-state index in [0.717, 1.165) is 11.4 Å². The van der Waals surface area contributed by atoms with Crippen molar-refractivity contribution in [3.8, 4) is 0 Å². The van der Waals surface area contributed by atoms with Gasteiger partial charge in [-0.3, -0.25) is 4.90 Å². The maximum atomic E-state index is 10.7. The van der Waals surface area contributed by atoms with Gasteiger partial charge in [-0.05, 0) is 0 Å². The third kappa shape index (κ3) is 1.18. The normalized spacial score (nSPS) is 19.9. The molecule has 1 rings (SSSR count). The van der Waals surface area contributed by atoms with E-state index in [9.17, 15) is 4.79 Å². The van der Waals surface area contributed by atoms with Crippen LogP contribution < -0.4 is 5.32 Å². The van der Waals surface area contributed by atoms with Crippen LogP contribution in [-0.4, -0.2) is 29.5 Å². The maximum Gasteiger partial charge on any atom is 0.322 e. The first kappa shape index (κ1) is 6.48. The first-order chi connectivity index (χ1) is 4.22. The largest absolute Gasteiger partial charge is 0.337 e. The highest BCUT2D eigenvalue weighted by Gasteiger charge is 2.16. The van der Waals surface area contributed by atoms with Crippen LogP contribution in [0.2, 0.25) is 0 Å². The minimum atomic E-state index is -0.0914. The molecule has 9 heavy (non-hydrogen) atoms. The van der Waals surface area contributed by atoms with Gasteiger partial charge in [0.2, 0.25) is 0 Å². The minimum Gasteiger partial charge on any atom is -0.337 e. The van der Waals surface area contributed by atoms with Gasteiger partial charge in [0, 0.05) is 20.0 Å². The Bertz CT molecular complexity index is 141. The predicted molar refractivity (Wildman–Crippen MR) is 38.4 cm³/mol. The van der Waals surface area contributed by atoms with E-state index in [4.69, 9.17) is 12.2 Å². The van der Waals surface area contributed by atoms with Gasteiger partial charge in [0.05, 0.1) is 4.99 Å². The van der Waals surface area contributed by atoms with E-state index in [1.807, 2.05) is 0 Å². The summed E-state index contributed by atoms with van der Waals surface area (Å²) in [6.07, 6.45) is 0.789. The zero-order chi connectivity index (χ0) is 6.85. The number of thiocarbonyl (C=S) groups is 1. The van der Waals surface area contributed by atoms with E-state index < -0.39 is 0 Å². The number of carbonyl (C=O) groups is 1. The number of nitrogens with one attached hydrogen (secondary N) is 1. The smallest absolute Gasteiger partial charge is 0.322 e. The van der Waals surface area contributed by atoms with Crippen molar-refractivity contribution in [3.05, 3.63) is 0 Å². The van der Waals surface area contributed by atoms with E-state index in [1.54, 1.807) is 7.05 Å². The summed E-state index contributed by atoms with van der Waals surface area (Å²) < 4.78 is 0. The van der Waals surface area contributed by atoms with Gasteiger partial charge >= 0.3 is 6.03 Å². The highest BCUT2D eigenvalue weighted by atomic mass is 32.1. The van der Waals surface area contributed by atoms with Crippen LogP contribution in [0.5, 0.6) is 0 Å². The Kier molecular flexibility index (Phi) is 1.66. The second-order valence-corrected chi connectivity index (χ2v) is 2.41. The SMILES string of the molecule is CN1C(=O)NCCC1=S. The summed E-state index contributed by atoms with van der Waals surface area (Å²) in [5.41, 5.74) is 0. The maximum absolute atomic E-state index is 10.7. The number of carbonyl (C=O) groups excluding carboxylic acids is 1. The lowest BCUT2D eigenvalue weighted by atomic mass is 10.3. The van der Waals surface area contributed by atoms with Crippen molar-refractivity contribution in [2.24, 2.45) is 0 Å². The molecular formula is C5H8N2OS. The quantitative estimate of drug-likeness (QED) is 0.498. The summed E-state index contributed by atoms with van der Waals surface area (Å²) >= 11 is 4.87. The average Bonchev–Trinajstić information content (AvgIpc) is 1.83. The van der Waals surface area contributed by atoms with E-state index in [0.29, 0.717) is 6.54 Å². The molecule has 1 saturated heterocycles. The molecule has 1 aliphatic heterocycles. The summed E-state index contributed by atoms with van der Waals surface area (Å²) in [6.45, 7) is 0.683. The molecule has 0 aromatic rings. The molecule has 1 fully saturated rings. The molecule has 0 aromatic heterocycles. The second kappa shape index (κ2) is 2.31. The summed E-state index contributed by atoms with van der Waals surface area (Å²) in [5, 5.41) is 2.66. The summed E-state index contributed by atoms with van der Waals surface area (Å²) in [4.78, 5) is 12.9. The number of hydrogen-bond donors (Lipinski definition) is 1. The highest BCUT2D eigenvalue weighted by Crippen LogP contribution is 1.98. The van der Waals surface area contributed by atoms with Crippen LogP contribution >= 0.6 is 12.2 Å². The fraction of sp³-hybridized carbons (Fsp3) is 0.600. The Morgan fingerprint density at radius 3 is 2.89 bits per heavy atom. The predicted octanol–water partition coefficient (Wildman–Crippen LogP) is 0.359. The first-order valence-corrected chi connectivity index (χ1v) is 3.17. The van der Waals surface area contributed by atoms with Crippen molar-refractivity contribution in [3.63, 3.8) is 0 Å². The van der Waals surface area contributed by atoms with Gasteiger partial charge in [-0.2, -0.15) is 0 Å². The summed E-state index contributed by atoms with van der Waals surface area (Å²) in [5.74, 6) is 0. The standard InChI is InChI=1S/C5H8N2OS/c1-7-4(9)2-3-6-5(7)8/h2-3H2,1H3,(H,6,8). The lowest BCUT2D eigenvalue weighted by molar-refractivity contribution is 0.223. The van der Waals surface area contributed by atoms with Crippen molar-refractivity contribution in [1.82, 2.24) is 10.2 Å². The van der Waals surface area contributed by atoms with Gasteiger partial charge in [0.25, 0.3) is 0 Å². The Hall–Kier alpha value is -0.640. The van der Waals surface area contributed by atoms with E-state index in [1.165, 1.54) is 4.90 Å². The molecule has 2 amide bonds. The van der Waals surface area contributed by atoms with Crippen molar-refractivity contribution in [1.29, 1.82) is 0 Å². The lowest BCUT2D eigenvalue weighted by Gasteiger charge is -2.23. The third-order valence-electron chi connectivity index (χ3n) is 1.29. The van der Waals surface area contributed by atoms with Crippen LogP contribution in [0.3, 0.4) is 0 Å². The fourth-order valence-corrected chi connectivity index (χ4v) is 0.861. The molecule has 0 bridgehead atoms. The number of rotatable bonds is 0. The van der Waals surface area contributed by atoms with Crippen LogP contribution in [-0.2, 0) is 0 Å². The highest BCUT2D eigenvalue weighted by molar-refractivity contribution is 7.80. The second-order valence-electron chi connectivity index (χ2n) is 1.93. The van der Waals surface area contributed by atoms with Crippen LogP contribution in [0.25, 0.3) is 0 Å². The Morgan fingerprint density at radius 1 is 1.78 bits per heavy atom. The lowest BCUT2D eigenvalue weighted by Crippen LogP contribution is -2.46. The number of hydrogen-bond acceptors (Lipinski definition) is 2. The van der Waals surface area contributed by atoms with Gasteiger partial charge in [-0.15, -0.1) is 0 Å². The molecule has 4 heteroatoms. The molecule has 1 N–H and O–H groups in total. The molecule has 50 valence electrons. The molecule has 0 atom stereocenters. The number of amides is 2. The minimum absolute atomic E-state index is 0.0914. The molecule has 0 aromatic carbocycles. The Balaban J connectivity index is 2.62. The molecule has 3 nitrogen and oxygen atoms in total. The van der Waals surface area contributed by atoms with Crippen LogP contribution in [0.4, 0.5) is 4.79 Å². The molecule has 1 heterocycles. The van der Waals surface area contributed by atoms with Crippen LogP contribution in [0.1, 0.15) is 6.42 Å². The zero-order valence-electron chi connectivity index (χ0n) is 5.18. The molecule has 0 saturated carbocycles. The average molecular weight is 144 g/mol. The van der Waals surface area contributed by atoms with E-state index >= 15 is 0 Å². The summed E-state index contributed by atoms with van der Waals surface area (Å²) in [7, 11) is 1.68. The van der Waals surface area contributed by atoms with Gasteiger partial charge in [0.15, 0.2) is 0 Å². The molecule has 0 unspecified atom stereocenters. The topological polar surface area (TPSA) is 32.3 Å². The number of urea groups is 1. The number of nitrogens with zero attached hydrogens (tertiary/aromatic N) is 1. The fourth-order valence-electron chi connectivity index (χ4n) is 0.676. The van der Waals surface area contributed by atoms with E-state index in [2.05, 4.69) is 5.32 Å². The monoisotopic (exact) mass is 144 g/mol. The molecule has 0 spiro atoms. The summed E-state index contributed by atoms with van der Waals surface area (Å²) in [6, 6.07) is -0.0914. The van der Waals surface area contributed by atoms with Gasteiger partial charge in [-0.1, -0.05) is 12.2 Å². The zero-order valence-corrected chi connectivity index (χ0v) is 5.99. The molecule has 1 aliphatic rings. The molecular weight excluding hydrogens is 136 g/mol. The van der Waals surface area contributed by atoms with E-state index in [-0.39, 0.29) is 6.03 Å². The molecule has 0 aliphatic carbocycles. The Morgan fingerprint density at radius 2 is 2.44 bits per heavy atom. The van der Waals surface area contributed by atoms with Gasteiger partial charge in [-0.25, -0.2) is 4.79 Å². The van der Waals surface area contributed by atoms with Gasteiger partial charge in [0.1, 0.15) is 0 Å². The third-order valence-corrected chi connectivity index (χ3v) is 1.77. The van der Waals surface area contributed by atoms with Crippen LogP contribution in [0.15, 0.2) is 0 Å². The van der Waals surface area contributed by atoms with Crippen molar-refractivity contribution >= 4 is 23.2 Å². The molecule has 0 radical (unpaired) electrons. The van der Waals surface area contributed by atoms with Crippen molar-refractivity contribution in [2.75, 3.05) is 13.6 Å². The van der Waals surface area contributed by atoms with Crippen LogP contribution in [0, 0.1) is 0 Å². The van der Waals surface area contributed by atoms with Crippen molar-refractivity contribution < 1.29 is 4.79 Å². The Labute approximate surface area is 59.0 Å². The van der Waals surface area contributed by atoms with Gasteiger partial charge < -0.3 is 5.32 Å². The first-order valence-electron chi connectivity index (χ1n) is 2.76. The van der Waals surface area contributed by atoms with Crippen molar-refractivity contribution in [2.45, 2.75) is 6.42 Å².